The van der Waals surface area contributed by atoms with Crippen molar-refractivity contribution in [1.82, 2.24) is 30.0 Å². The van der Waals surface area contributed by atoms with Gasteiger partial charge < -0.3 is 25.2 Å². The molecule has 4 aliphatic carbocycles. The van der Waals surface area contributed by atoms with Gasteiger partial charge in [-0.3, -0.25) is 9.69 Å². The molecule has 1 aromatic rings. The third kappa shape index (κ3) is 5.17. The van der Waals surface area contributed by atoms with Crippen molar-refractivity contribution >= 4 is 11.9 Å². The maximum atomic E-state index is 13.4. The number of allylic oxidation sites excluding steroid dienone is 1. The molecule has 0 amide bonds. The van der Waals surface area contributed by atoms with Crippen LogP contribution in [-0.4, -0.2) is 107 Å². The topological polar surface area (TPSA) is 132 Å². The van der Waals surface area contributed by atoms with E-state index >= 15 is 0 Å². The molecule has 1 unspecified atom stereocenters. The smallest absolute Gasteiger partial charge is 0.307 e. The number of carboxylic acid groups (broad SMARTS) is 1. The molecular weight excluding hydrogens is 618 g/mol. The number of piperazine rings is 1. The molecular formula is C38H63N7O4. The van der Waals surface area contributed by atoms with Gasteiger partial charge in [0, 0.05) is 43.6 Å². The fourth-order valence-electron chi connectivity index (χ4n) is 12.9. The molecule has 274 valence electrons. The van der Waals surface area contributed by atoms with Gasteiger partial charge in [-0.25, -0.2) is 0 Å². The van der Waals surface area contributed by atoms with Crippen LogP contribution < -0.4 is 5.73 Å². The van der Waals surface area contributed by atoms with Gasteiger partial charge in [0.2, 0.25) is 0 Å². The van der Waals surface area contributed by atoms with Gasteiger partial charge in [-0.05, 0) is 90.7 Å². The second kappa shape index (κ2) is 12.3. The molecule has 11 nitrogen and oxygen atoms in total. The van der Waals surface area contributed by atoms with Crippen molar-refractivity contribution in [3.8, 4) is 0 Å². The number of tetrazole rings is 1. The summed E-state index contributed by atoms with van der Waals surface area (Å²) in [5, 5.41) is 24.3. The van der Waals surface area contributed by atoms with Gasteiger partial charge in [0.05, 0.1) is 31.8 Å². The van der Waals surface area contributed by atoms with Crippen LogP contribution in [0.3, 0.4) is 0 Å². The fourth-order valence-corrected chi connectivity index (χ4v) is 12.9. The van der Waals surface area contributed by atoms with Crippen molar-refractivity contribution in [2.45, 2.75) is 99.1 Å². The average Bonchev–Trinajstić information content (AvgIpc) is 3.48. The summed E-state index contributed by atoms with van der Waals surface area (Å²) >= 11 is 0. The predicted octanol–water partition coefficient (Wildman–Crippen LogP) is 5.02. The Morgan fingerprint density at radius 3 is 2.47 bits per heavy atom. The van der Waals surface area contributed by atoms with Gasteiger partial charge in [0.25, 0.3) is 5.95 Å². The monoisotopic (exact) mass is 681 g/mol. The van der Waals surface area contributed by atoms with Gasteiger partial charge in [-0.15, -0.1) is 5.10 Å². The van der Waals surface area contributed by atoms with Crippen LogP contribution >= 0.6 is 0 Å². The van der Waals surface area contributed by atoms with E-state index in [-0.39, 0.29) is 45.2 Å². The number of rotatable bonds is 8. The van der Waals surface area contributed by atoms with Crippen molar-refractivity contribution in [2.75, 3.05) is 65.3 Å². The zero-order chi connectivity index (χ0) is 35.1. The number of hydrogen-bond acceptors (Lipinski definition) is 9. The Morgan fingerprint density at radius 2 is 1.82 bits per heavy atom. The summed E-state index contributed by atoms with van der Waals surface area (Å²) < 4.78 is 13.7. The van der Waals surface area contributed by atoms with Crippen molar-refractivity contribution in [3.63, 3.8) is 0 Å². The summed E-state index contributed by atoms with van der Waals surface area (Å²) in [6.45, 7) is 23.4. The number of ether oxygens (including phenoxy) is 2. The van der Waals surface area contributed by atoms with E-state index in [0.717, 1.165) is 71.2 Å². The maximum Gasteiger partial charge on any atom is 0.307 e. The Labute approximate surface area is 293 Å². The van der Waals surface area contributed by atoms with Gasteiger partial charge >= 0.3 is 5.97 Å². The zero-order valence-electron chi connectivity index (χ0n) is 31.5. The van der Waals surface area contributed by atoms with E-state index in [1.54, 1.807) is 4.80 Å². The summed E-state index contributed by atoms with van der Waals surface area (Å²) in [6, 6.07) is -0.128. The third-order valence-electron chi connectivity index (χ3n) is 16.1. The van der Waals surface area contributed by atoms with Crippen LogP contribution in [0, 0.1) is 56.7 Å². The molecule has 2 saturated heterocycles. The molecule has 6 aliphatic rings. The minimum Gasteiger partial charge on any atom is -0.481 e. The Balaban J connectivity index is 1.25. The van der Waals surface area contributed by atoms with E-state index in [2.05, 4.69) is 86.8 Å². The zero-order valence-corrected chi connectivity index (χ0v) is 31.5. The van der Waals surface area contributed by atoms with Crippen molar-refractivity contribution in [3.05, 3.63) is 11.6 Å². The van der Waals surface area contributed by atoms with Crippen LogP contribution in [0.5, 0.6) is 0 Å². The summed E-state index contributed by atoms with van der Waals surface area (Å²) in [7, 11) is 2.19. The minimum atomic E-state index is -0.621. The number of likely N-dealkylation sites (N-methyl/N-ethyl adjacent to an activating group) is 1. The number of nitrogen functional groups attached to an aromatic ring is 1. The van der Waals surface area contributed by atoms with E-state index in [1.807, 2.05) is 0 Å². The Morgan fingerprint density at radius 1 is 1.08 bits per heavy atom. The van der Waals surface area contributed by atoms with Gasteiger partial charge in [-0.1, -0.05) is 65.2 Å². The number of nitrogens with zero attached hydrogens (tertiary/aromatic N) is 6. The molecule has 49 heavy (non-hydrogen) atoms. The number of carbonyl (C=O) groups is 1. The first-order valence-corrected chi connectivity index (χ1v) is 19.2. The van der Waals surface area contributed by atoms with E-state index in [0.29, 0.717) is 43.5 Å². The number of hydrogen-bond donors (Lipinski definition) is 2. The average molecular weight is 682 g/mol. The first kappa shape index (κ1) is 35.3. The van der Waals surface area contributed by atoms with Crippen molar-refractivity contribution in [1.29, 1.82) is 0 Å². The summed E-state index contributed by atoms with van der Waals surface area (Å²) in [5.41, 5.74) is 6.40. The molecule has 3 heterocycles. The lowest BCUT2D eigenvalue weighted by Gasteiger charge is -2.71. The van der Waals surface area contributed by atoms with E-state index in [9.17, 15) is 9.90 Å². The highest BCUT2D eigenvalue weighted by atomic mass is 16.5. The molecule has 1 aromatic heterocycles. The highest BCUT2D eigenvalue weighted by Gasteiger charge is 2.72. The predicted molar refractivity (Wildman–Crippen MR) is 189 cm³/mol. The number of nitrogens with two attached hydrogens (primary N) is 1. The first-order valence-electron chi connectivity index (χ1n) is 19.2. The number of aromatic nitrogens is 4. The molecule has 11 atom stereocenters. The molecule has 5 fully saturated rings. The fraction of sp³-hybridized carbons (Fsp3) is 0.895. The Hall–Kier alpha value is -2.08. The summed E-state index contributed by atoms with van der Waals surface area (Å²) in [4.78, 5) is 20.1. The van der Waals surface area contributed by atoms with E-state index < -0.39 is 11.9 Å². The summed E-state index contributed by atoms with van der Waals surface area (Å²) in [6.07, 6.45) is 8.10. The summed E-state index contributed by atoms with van der Waals surface area (Å²) in [5.74, 6) is 0.595. The molecule has 3 N–H and O–H groups in total. The SMILES string of the molecule is CC(C)[C@@H](C)[C@@]1(C)CC[C@]2(C)[C@H]3CC[C@@H]4C5(COC[C@]4(C)[C@@H](OCCN4CCN(C)CC4)[C@H](n4nnc(N)n4)C5)C3=CC[C@@]2(C)[C@@H]1C(=O)O. The highest BCUT2D eigenvalue weighted by molar-refractivity contribution is 5.73. The van der Waals surface area contributed by atoms with Crippen LogP contribution in [0.4, 0.5) is 5.95 Å². The quantitative estimate of drug-likeness (QED) is 0.361. The normalized spacial score (nSPS) is 44.8. The number of anilines is 1. The van der Waals surface area contributed by atoms with Gasteiger partial charge in [0.1, 0.15) is 6.04 Å². The van der Waals surface area contributed by atoms with Crippen molar-refractivity contribution in [2.24, 2.45) is 56.7 Å². The Bertz CT molecular complexity index is 1440. The van der Waals surface area contributed by atoms with Crippen molar-refractivity contribution < 1.29 is 19.4 Å². The molecule has 11 heteroatoms. The highest BCUT2D eigenvalue weighted by Crippen LogP contribution is 2.75. The second-order valence-electron chi connectivity index (χ2n) is 18.5. The molecule has 0 radical (unpaired) electrons. The largest absolute Gasteiger partial charge is 0.481 e. The van der Waals surface area contributed by atoms with Crippen LogP contribution in [0.1, 0.15) is 93.0 Å². The lowest BCUT2D eigenvalue weighted by atomic mass is 9.34. The first-order chi connectivity index (χ1) is 23.1. The van der Waals surface area contributed by atoms with Crippen LogP contribution in [-0.2, 0) is 14.3 Å². The van der Waals surface area contributed by atoms with E-state index in [4.69, 9.17) is 15.2 Å². The Kier molecular flexibility index (Phi) is 8.84. The molecule has 2 bridgehead atoms. The second-order valence-corrected chi connectivity index (χ2v) is 18.5. The lowest BCUT2D eigenvalue weighted by molar-refractivity contribution is -0.251. The molecule has 0 spiro atoms. The number of aliphatic carboxylic acids is 1. The molecule has 2 aliphatic heterocycles. The molecule has 0 aromatic carbocycles. The molecule has 7 rings (SSSR count). The number of fused-ring (bicyclic) bond motifs is 3. The van der Waals surface area contributed by atoms with Crippen LogP contribution in [0.25, 0.3) is 0 Å². The maximum absolute atomic E-state index is 13.4. The standard InChI is InChI=1S/C38H63N7O4/c1-24(2)25(3)34(4)13-14-36(6)26-9-10-29-35(5)22-48-23-38(29,27(26)11-12-37(36,7)30(34)32(46)47)21-28(45-41-33(39)40-42-45)31(35)49-20-19-44-17-15-43(8)16-18-44/h11,24-26,28-31H,9-10,12-23H2,1-8H3,(H2,39,41)(H,46,47)/t25-,26+,28-,29+,30-,31+,34-,35+,36-,37+,38?/m1/s1. The van der Waals surface area contributed by atoms with Crippen LogP contribution in [0.15, 0.2) is 11.6 Å². The van der Waals surface area contributed by atoms with Gasteiger partial charge in [-0.2, -0.15) is 4.80 Å². The number of carboxylic acids is 1. The lowest BCUT2D eigenvalue weighted by Crippen LogP contribution is -2.69. The molecule has 3 saturated carbocycles. The van der Waals surface area contributed by atoms with Gasteiger partial charge in [0.15, 0.2) is 0 Å². The van der Waals surface area contributed by atoms with Crippen LogP contribution in [0.2, 0.25) is 0 Å². The third-order valence-corrected chi connectivity index (χ3v) is 16.1. The minimum absolute atomic E-state index is 0.128. The van der Waals surface area contributed by atoms with E-state index in [1.165, 1.54) is 5.57 Å².